The highest BCUT2D eigenvalue weighted by Crippen LogP contribution is 2.24. The molecule has 0 saturated carbocycles. The van der Waals surface area contributed by atoms with Crippen LogP contribution < -0.4 is 4.74 Å². The van der Waals surface area contributed by atoms with Gasteiger partial charge in [-0.25, -0.2) is 9.97 Å². The van der Waals surface area contributed by atoms with Crippen molar-refractivity contribution >= 4 is 0 Å². The minimum Gasteiger partial charge on any atom is -0.497 e. The highest BCUT2D eigenvalue weighted by Gasteiger charge is 2.06. The van der Waals surface area contributed by atoms with Crippen LogP contribution in [-0.2, 0) is 0 Å². The second kappa shape index (κ2) is 5.71. The quantitative estimate of drug-likeness (QED) is 0.735. The van der Waals surface area contributed by atoms with E-state index in [4.69, 9.17) is 4.74 Å². The number of ether oxygens (including phenoxy) is 1. The number of aryl methyl sites for hydroxylation is 1. The van der Waals surface area contributed by atoms with Gasteiger partial charge in [0.15, 0.2) is 0 Å². The van der Waals surface area contributed by atoms with E-state index in [9.17, 15) is 0 Å². The van der Waals surface area contributed by atoms with Crippen molar-refractivity contribution in [2.24, 2.45) is 0 Å². The molecule has 4 heteroatoms. The van der Waals surface area contributed by atoms with Crippen LogP contribution in [0.1, 0.15) is 5.82 Å². The summed E-state index contributed by atoms with van der Waals surface area (Å²) < 4.78 is 5.18. The predicted molar refractivity (Wildman–Crippen MR) is 82.0 cm³/mol. The zero-order valence-corrected chi connectivity index (χ0v) is 11.9. The van der Waals surface area contributed by atoms with Crippen molar-refractivity contribution < 1.29 is 4.74 Å². The summed E-state index contributed by atoms with van der Waals surface area (Å²) >= 11 is 0. The fraction of sp³-hybridized carbons (Fsp3) is 0.118. The van der Waals surface area contributed by atoms with Crippen LogP contribution in [0.15, 0.2) is 54.9 Å². The minimum absolute atomic E-state index is 0.745. The maximum Gasteiger partial charge on any atom is 0.126 e. The van der Waals surface area contributed by atoms with Crippen LogP contribution in [0.3, 0.4) is 0 Å². The summed E-state index contributed by atoms with van der Waals surface area (Å²) in [6.07, 6.45) is 3.53. The summed E-state index contributed by atoms with van der Waals surface area (Å²) in [5.74, 6) is 1.58. The van der Waals surface area contributed by atoms with Gasteiger partial charge in [-0.1, -0.05) is 0 Å². The molecule has 4 nitrogen and oxygen atoms in total. The summed E-state index contributed by atoms with van der Waals surface area (Å²) in [4.78, 5) is 13.1. The molecule has 2 heterocycles. The smallest absolute Gasteiger partial charge is 0.126 e. The highest BCUT2D eigenvalue weighted by atomic mass is 16.5. The first-order chi connectivity index (χ1) is 10.3. The van der Waals surface area contributed by atoms with Crippen LogP contribution in [0.25, 0.3) is 22.5 Å². The summed E-state index contributed by atoms with van der Waals surface area (Å²) in [6, 6.07) is 13.7. The first kappa shape index (κ1) is 13.2. The summed E-state index contributed by atoms with van der Waals surface area (Å²) in [7, 11) is 1.66. The highest BCUT2D eigenvalue weighted by molar-refractivity contribution is 5.67. The maximum atomic E-state index is 5.18. The molecule has 0 fully saturated rings. The minimum atomic E-state index is 0.745. The van der Waals surface area contributed by atoms with Gasteiger partial charge in [0.05, 0.1) is 18.5 Å². The molecule has 0 aliphatic heterocycles. The molecule has 3 aromatic rings. The van der Waals surface area contributed by atoms with Gasteiger partial charge >= 0.3 is 0 Å². The Kier molecular flexibility index (Phi) is 3.60. The van der Waals surface area contributed by atoms with E-state index in [1.54, 1.807) is 19.5 Å². The Bertz CT molecular complexity index is 740. The Balaban J connectivity index is 2.05. The van der Waals surface area contributed by atoms with Crippen LogP contribution >= 0.6 is 0 Å². The molecule has 0 aliphatic carbocycles. The number of nitrogens with zero attached hydrogens (tertiary/aromatic N) is 3. The second-order valence-electron chi connectivity index (χ2n) is 4.65. The van der Waals surface area contributed by atoms with Gasteiger partial charge in [-0.2, -0.15) is 0 Å². The molecule has 0 bridgehead atoms. The van der Waals surface area contributed by atoms with Crippen molar-refractivity contribution in [3.63, 3.8) is 0 Å². The van der Waals surface area contributed by atoms with Gasteiger partial charge < -0.3 is 4.74 Å². The molecular formula is C17H15N3O. The Hall–Kier alpha value is -2.75. The lowest BCUT2D eigenvalue weighted by atomic mass is 10.1. The third-order valence-electron chi connectivity index (χ3n) is 3.20. The molecule has 2 aromatic heterocycles. The molecule has 0 atom stereocenters. The standard InChI is InChI=1S/C17H15N3O/c1-12-19-16(13-3-5-15(21-2)6-4-13)11-17(20-12)14-7-9-18-10-8-14/h3-11H,1-2H3. The Labute approximate surface area is 123 Å². The zero-order chi connectivity index (χ0) is 14.7. The number of pyridine rings is 1. The Morgan fingerprint density at radius 3 is 1.95 bits per heavy atom. The molecule has 21 heavy (non-hydrogen) atoms. The van der Waals surface area contributed by atoms with Crippen molar-refractivity contribution in [1.82, 2.24) is 15.0 Å². The number of methoxy groups -OCH3 is 1. The summed E-state index contributed by atoms with van der Waals surface area (Å²) in [6.45, 7) is 1.90. The first-order valence-corrected chi connectivity index (χ1v) is 6.67. The monoisotopic (exact) mass is 277 g/mol. The third kappa shape index (κ3) is 2.89. The van der Waals surface area contributed by atoms with Crippen LogP contribution in [0.2, 0.25) is 0 Å². The van der Waals surface area contributed by atoms with Gasteiger partial charge in [0.2, 0.25) is 0 Å². The van der Waals surface area contributed by atoms with E-state index < -0.39 is 0 Å². The lowest BCUT2D eigenvalue weighted by Crippen LogP contribution is -1.94. The lowest BCUT2D eigenvalue weighted by molar-refractivity contribution is 0.415. The van der Waals surface area contributed by atoms with Crippen LogP contribution in [0.4, 0.5) is 0 Å². The Morgan fingerprint density at radius 1 is 0.810 bits per heavy atom. The van der Waals surface area contributed by atoms with Gasteiger partial charge in [-0.15, -0.1) is 0 Å². The van der Waals surface area contributed by atoms with E-state index in [0.29, 0.717) is 0 Å². The van der Waals surface area contributed by atoms with Crippen molar-refractivity contribution in [3.8, 4) is 28.3 Å². The second-order valence-corrected chi connectivity index (χ2v) is 4.65. The summed E-state index contributed by atoms with van der Waals surface area (Å²) in [5, 5.41) is 0. The largest absolute Gasteiger partial charge is 0.497 e. The maximum absolute atomic E-state index is 5.18. The van der Waals surface area contributed by atoms with E-state index in [1.165, 1.54) is 0 Å². The molecule has 0 amide bonds. The molecule has 0 unspecified atom stereocenters. The molecule has 0 radical (unpaired) electrons. The van der Waals surface area contributed by atoms with Crippen molar-refractivity contribution in [3.05, 3.63) is 60.7 Å². The SMILES string of the molecule is COc1ccc(-c2cc(-c3ccncc3)nc(C)n2)cc1. The lowest BCUT2D eigenvalue weighted by Gasteiger charge is -2.07. The number of benzene rings is 1. The molecule has 0 aliphatic rings. The fourth-order valence-electron chi connectivity index (χ4n) is 2.15. The van der Waals surface area contributed by atoms with E-state index in [-0.39, 0.29) is 0 Å². The first-order valence-electron chi connectivity index (χ1n) is 6.67. The van der Waals surface area contributed by atoms with Gasteiger partial charge in [-0.3, -0.25) is 4.98 Å². The van der Waals surface area contributed by atoms with Gasteiger partial charge in [0, 0.05) is 23.5 Å². The zero-order valence-electron chi connectivity index (χ0n) is 11.9. The Morgan fingerprint density at radius 2 is 1.38 bits per heavy atom. The van der Waals surface area contributed by atoms with E-state index >= 15 is 0 Å². The molecule has 3 rings (SSSR count). The molecule has 0 spiro atoms. The topological polar surface area (TPSA) is 47.9 Å². The van der Waals surface area contributed by atoms with Gasteiger partial charge in [0.1, 0.15) is 11.6 Å². The number of aromatic nitrogens is 3. The average molecular weight is 277 g/mol. The molecule has 104 valence electrons. The van der Waals surface area contributed by atoms with Crippen LogP contribution in [0, 0.1) is 6.92 Å². The predicted octanol–water partition coefficient (Wildman–Crippen LogP) is 3.52. The number of hydrogen-bond acceptors (Lipinski definition) is 4. The van der Waals surface area contributed by atoms with Crippen molar-refractivity contribution in [1.29, 1.82) is 0 Å². The third-order valence-corrected chi connectivity index (χ3v) is 3.20. The van der Waals surface area contributed by atoms with Crippen LogP contribution in [0.5, 0.6) is 5.75 Å². The van der Waals surface area contributed by atoms with Crippen molar-refractivity contribution in [2.75, 3.05) is 7.11 Å². The molecule has 1 aromatic carbocycles. The van der Waals surface area contributed by atoms with E-state index in [1.807, 2.05) is 49.4 Å². The van der Waals surface area contributed by atoms with Gasteiger partial charge in [-0.05, 0) is 49.4 Å². The normalized spacial score (nSPS) is 10.4. The molecule has 0 saturated heterocycles. The van der Waals surface area contributed by atoms with Gasteiger partial charge in [0.25, 0.3) is 0 Å². The average Bonchev–Trinajstić information content (AvgIpc) is 2.55. The molecular weight excluding hydrogens is 262 g/mol. The summed E-state index contributed by atoms with van der Waals surface area (Å²) in [5.41, 5.74) is 3.87. The fourth-order valence-corrected chi connectivity index (χ4v) is 2.15. The van der Waals surface area contributed by atoms with E-state index in [2.05, 4.69) is 15.0 Å². The van der Waals surface area contributed by atoms with Crippen molar-refractivity contribution in [2.45, 2.75) is 6.92 Å². The number of hydrogen-bond donors (Lipinski definition) is 0. The number of rotatable bonds is 3. The molecule has 0 N–H and O–H groups in total. The van der Waals surface area contributed by atoms with E-state index in [0.717, 1.165) is 34.1 Å². The van der Waals surface area contributed by atoms with Crippen LogP contribution in [-0.4, -0.2) is 22.1 Å².